The van der Waals surface area contributed by atoms with Crippen LogP contribution in [-0.4, -0.2) is 33.9 Å². The molecule has 0 amide bonds. The predicted octanol–water partition coefficient (Wildman–Crippen LogP) is 4.39. The van der Waals surface area contributed by atoms with E-state index in [2.05, 4.69) is 12.2 Å². The summed E-state index contributed by atoms with van der Waals surface area (Å²) in [5, 5.41) is 26.2. The maximum absolute atomic E-state index is 10.7. The van der Waals surface area contributed by atoms with Gasteiger partial charge in [-0.3, -0.25) is 9.59 Å². The van der Waals surface area contributed by atoms with Gasteiger partial charge in [-0.1, -0.05) is 57.1 Å². The lowest BCUT2D eigenvalue weighted by Crippen LogP contribution is -2.23. The third kappa shape index (κ3) is 14.2. The molecular formula is C19H34O5. The second kappa shape index (κ2) is 16.5. The Labute approximate surface area is 145 Å². The maximum Gasteiger partial charge on any atom is 0.317 e. The molecule has 0 bridgehead atoms. The van der Waals surface area contributed by atoms with E-state index in [1.807, 2.05) is 0 Å². The number of hydrogen-bond acceptors (Lipinski definition) is 3. The van der Waals surface area contributed by atoms with Crippen LogP contribution in [0.15, 0.2) is 12.2 Å². The minimum absolute atomic E-state index is 0.221. The van der Waals surface area contributed by atoms with Crippen LogP contribution in [0.25, 0.3) is 0 Å². The van der Waals surface area contributed by atoms with Crippen molar-refractivity contribution in [2.75, 3.05) is 6.61 Å². The molecule has 0 aromatic heterocycles. The highest BCUT2D eigenvalue weighted by molar-refractivity contribution is 5.92. The first-order chi connectivity index (χ1) is 11.6. The van der Waals surface area contributed by atoms with Gasteiger partial charge >= 0.3 is 11.9 Å². The van der Waals surface area contributed by atoms with Gasteiger partial charge in [0.2, 0.25) is 0 Å². The van der Waals surface area contributed by atoms with Crippen LogP contribution in [0.4, 0.5) is 0 Å². The van der Waals surface area contributed by atoms with Crippen molar-refractivity contribution in [1.82, 2.24) is 0 Å². The molecule has 140 valence electrons. The van der Waals surface area contributed by atoms with Gasteiger partial charge in [-0.05, 0) is 38.5 Å². The molecular weight excluding hydrogens is 308 g/mol. The third-order valence-electron chi connectivity index (χ3n) is 4.16. The first-order valence-corrected chi connectivity index (χ1v) is 9.31. The molecule has 0 fully saturated rings. The van der Waals surface area contributed by atoms with E-state index in [0.29, 0.717) is 13.0 Å². The van der Waals surface area contributed by atoms with Crippen LogP contribution in [0.3, 0.4) is 0 Å². The van der Waals surface area contributed by atoms with Crippen LogP contribution >= 0.6 is 0 Å². The van der Waals surface area contributed by atoms with E-state index in [1.165, 1.54) is 25.7 Å². The zero-order valence-electron chi connectivity index (χ0n) is 14.8. The Bertz CT molecular complexity index is 338. The van der Waals surface area contributed by atoms with Gasteiger partial charge in [-0.15, -0.1) is 0 Å². The van der Waals surface area contributed by atoms with Gasteiger partial charge in [-0.2, -0.15) is 0 Å². The Morgan fingerprint density at radius 3 is 1.54 bits per heavy atom. The monoisotopic (exact) mass is 342 g/mol. The van der Waals surface area contributed by atoms with Crippen molar-refractivity contribution >= 4 is 11.9 Å². The van der Waals surface area contributed by atoms with Crippen molar-refractivity contribution in [2.45, 2.75) is 83.5 Å². The first kappa shape index (κ1) is 22.6. The number of aliphatic hydroxyl groups is 1. The number of unbranched alkanes of at least 4 members (excludes halogenated alkanes) is 10. The molecule has 3 N–H and O–H groups in total. The van der Waals surface area contributed by atoms with Crippen molar-refractivity contribution in [2.24, 2.45) is 5.92 Å². The summed E-state index contributed by atoms with van der Waals surface area (Å²) in [7, 11) is 0. The molecule has 0 aromatic rings. The topological polar surface area (TPSA) is 94.8 Å². The number of aliphatic hydroxyl groups excluding tert-OH is 1. The molecule has 0 rings (SSSR count). The van der Waals surface area contributed by atoms with Crippen molar-refractivity contribution in [3.8, 4) is 0 Å². The van der Waals surface area contributed by atoms with E-state index in [9.17, 15) is 9.59 Å². The second-order valence-electron chi connectivity index (χ2n) is 6.33. The highest BCUT2D eigenvalue weighted by Crippen LogP contribution is 2.13. The molecule has 0 heterocycles. The summed E-state index contributed by atoms with van der Waals surface area (Å²) in [5.41, 5.74) is 0. The van der Waals surface area contributed by atoms with E-state index in [0.717, 1.165) is 44.9 Å². The average Bonchev–Trinajstić information content (AvgIpc) is 2.53. The summed E-state index contributed by atoms with van der Waals surface area (Å²) in [4.78, 5) is 21.4. The predicted molar refractivity (Wildman–Crippen MR) is 95.0 cm³/mol. The average molecular weight is 342 g/mol. The van der Waals surface area contributed by atoms with Crippen LogP contribution < -0.4 is 0 Å². The molecule has 24 heavy (non-hydrogen) atoms. The minimum Gasteiger partial charge on any atom is -0.481 e. The fraction of sp³-hybridized carbons (Fsp3) is 0.789. The lowest BCUT2D eigenvalue weighted by atomic mass is 10.0. The highest BCUT2D eigenvalue weighted by Gasteiger charge is 2.24. The number of aliphatic carboxylic acids is 2. The largest absolute Gasteiger partial charge is 0.481 e. The number of hydrogen-bond donors (Lipinski definition) is 3. The van der Waals surface area contributed by atoms with Crippen LogP contribution in [-0.2, 0) is 9.59 Å². The normalized spacial score (nSPS) is 11.4. The standard InChI is InChI=1S/C19H34O5/c20-16-14-12-10-8-6-4-2-1-3-5-7-9-11-13-15-17(18(21)22)19(23)24/h1,3,17,20H,2,4-16H2,(H,21,22)(H,23,24)/b3-1-. The SMILES string of the molecule is O=C(O)C(CCCCCC/C=C\CCCCCCCCO)C(=O)O. The molecule has 5 heteroatoms. The van der Waals surface area contributed by atoms with Gasteiger partial charge in [0, 0.05) is 6.61 Å². The first-order valence-electron chi connectivity index (χ1n) is 9.31. The number of carboxylic acids is 2. The molecule has 0 aliphatic rings. The fourth-order valence-electron chi connectivity index (χ4n) is 2.63. The number of carbonyl (C=O) groups is 2. The molecule has 0 aliphatic heterocycles. The smallest absolute Gasteiger partial charge is 0.317 e. The molecule has 0 saturated carbocycles. The number of rotatable bonds is 17. The summed E-state index contributed by atoms with van der Waals surface area (Å²) < 4.78 is 0. The molecule has 0 atom stereocenters. The van der Waals surface area contributed by atoms with Crippen molar-refractivity contribution < 1.29 is 24.9 Å². The highest BCUT2D eigenvalue weighted by atomic mass is 16.4. The summed E-state index contributed by atoms with van der Waals surface area (Å²) in [6, 6.07) is 0. The van der Waals surface area contributed by atoms with Crippen LogP contribution in [0.5, 0.6) is 0 Å². The lowest BCUT2D eigenvalue weighted by Gasteiger charge is -2.06. The Kier molecular flexibility index (Phi) is 15.6. The second-order valence-corrected chi connectivity index (χ2v) is 6.33. The molecule has 0 unspecified atom stereocenters. The third-order valence-corrected chi connectivity index (χ3v) is 4.16. The van der Waals surface area contributed by atoms with E-state index in [4.69, 9.17) is 15.3 Å². The van der Waals surface area contributed by atoms with Crippen molar-refractivity contribution in [3.63, 3.8) is 0 Å². The Morgan fingerprint density at radius 2 is 1.08 bits per heavy atom. The molecule has 0 aliphatic carbocycles. The van der Waals surface area contributed by atoms with E-state index in [-0.39, 0.29) is 6.42 Å². The Balaban J connectivity index is 3.35. The maximum atomic E-state index is 10.7. The summed E-state index contributed by atoms with van der Waals surface area (Å²) in [6.07, 6.45) is 17.5. The number of carboxylic acid groups (broad SMARTS) is 2. The van der Waals surface area contributed by atoms with Gasteiger partial charge < -0.3 is 15.3 Å². The molecule has 0 spiro atoms. The molecule has 5 nitrogen and oxygen atoms in total. The molecule has 0 aromatic carbocycles. The number of allylic oxidation sites excluding steroid dienone is 2. The quantitative estimate of drug-likeness (QED) is 0.207. The zero-order valence-corrected chi connectivity index (χ0v) is 14.8. The fourth-order valence-corrected chi connectivity index (χ4v) is 2.63. The Morgan fingerprint density at radius 1 is 0.667 bits per heavy atom. The molecule has 0 radical (unpaired) electrons. The van der Waals surface area contributed by atoms with E-state index < -0.39 is 17.9 Å². The summed E-state index contributed by atoms with van der Waals surface area (Å²) in [6.45, 7) is 0.308. The van der Waals surface area contributed by atoms with Gasteiger partial charge in [-0.25, -0.2) is 0 Å². The van der Waals surface area contributed by atoms with E-state index >= 15 is 0 Å². The lowest BCUT2D eigenvalue weighted by molar-refractivity contribution is -0.154. The van der Waals surface area contributed by atoms with Crippen molar-refractivity contribution in [3.05, 3.63) is 12.2 Å². The summed E-state index contributed by atoms with van der Waals surface area (Å²) >= 11 is 0. The zero-order chi connectivity index (χ0) is 18.0. The van der Waals surface area contributed by atoms with Crippen molar-refractivity contribution in [1.29, 1.82) is 0 Å². The van der Waals surface area contributed by atoms with Crippen LogP contribution in [0, 0.1) is 5.92 Å². The summed E-state index contributed by atoms with van der Waals surface area (Å²) in [5.74, 6) is -3.73. The van der Waals surface area contributed by atoms with Gasteiger partial charge in [0.25, 0.3) is 0 Å². The Hall–Kier alpha value is -1.36. The van der Waals surface area contributed by atoms with Crippen LogP contribution in [0.2, 0.25) is 0 Å². The van der Waals surface area contributed by atoms with Gasteiger partial charge in [0.1, 0.15) is 0 Å². The van der Waals surface area contributed by atoms with Gasteiger partial charge in [0.05, 0.1) is 0 Å². The minimum atomic E-state index is -1.26. The molecule has 0 saturated heterocycles. The van der Waals surface area contributed by atoms with E-state index in [1.54, 1.807) is 0 Å². The van der Waals surface area contributed by atoms with Crippen LogP contribution in [0.1, 0.15) is 83.5 Å². The van der Waals surface area contributed by atoms with Gasteiger partial charge in [0.15, 0.2) is 5.92 Å².